The Bertz CT molecular complexity index is 309. The topological polar surface area (TPSA) is 26.0 Å². The van der Waals surface area contributed by atoms with Crippen LogP contribution in [0.15, 0.2) is 29.3 Å². The number of hydrogen-bond acceptors (Lipinski definition) is 1. The second-order valence-electron chi connectivity index (χ2n) is 2.44. The number of nitrogens with two attached hydrogens (primary N) is 1. The van der Waals surface area contributed by atoms with E-state index in [4.69, 9.17) is 17.3 Å². The molecule has 0 fully saturated rings. The van der Waals surface area contributed by atoms with E-state index in [9.17, 15) is 0 Å². The second kappa shape index (κ2) is 4.08. The lowest BCUT2D eigenvalue weighted by Gasteiger charge is -2.03. The molecule has 2 N–H and O–H groups in total. The number of hydrogen-bond donors (Lipinski definition) is 1. The lowest BCUT2D eigenvalue weighted by molar-refractivity contribution is 1.27. The highest BCUT2D eigenvalue weighted by Gasteiger charge is 2.00. The minimum Gasteiger partial charge on any atom is -0.326 e. The van der Waals surface area contributed by atoms with Crippen LogP contribution in [0, 0.1) is 0 Å². The fourth-order valence-corrected chi connectivity index (χ4v) is 1.33. The minimum absolute atomic E-state index is 0.466. The first kappa shape index (κ1) is 9.78. The summed E-state index contributed by atoms with van der Waals surface area (Å²) in [6.45, 7) is 4.29. The summed E-state index contributed by atoms with van der Waals surface area (Å²) in [7, 11) is 0. The molecule has 1 rings (SSSR count). The van der Waals surface area contributed by atoms with Gasteiger partial charge in [-0.2, -0.15) is 0 Å². The third-order valence-corrected chi connectivity index (χ3v) is 2.79. The Kier molecular flexibility index (Phi) is 3.32. The molecule has 0 saturated heterocycles. The fourth-order valence-electron chi connectivity index (χ4n) is 0.834. The molecule has 0 unspecified atom stereocenters. The van der Waals surface area contributed by atoms with Crippen molar-refractivity contribution in [2.45, 2.75) is 0 Å². The summed E-state index contributed by atoms with van der Waals surface area (Å²) in [6, 6.07) is 5.64. The van der Waals surface area contributed by atoms with Gasteiger partial charge in [0.15, 0.2) is 0 Å². The van der Waals surface area contributed by atoms with Gasteiger partial charge in [-0.15, -0.1) is 0 Å². The van der Waals surface area contributed by atoms with Gasteiger partial charge in [0, 0.05) is 11.0 Å². The van der Waals surface area contributed by atoms with Gasteiger partial charge in [-0.3, -0.25) is 0 Å². The van der Waals surface area contributed by atoms with Crippen LogP contribution < -0.4 is 5.73 Å². The average molecular weight is 247 g/mol. The molecule has 0 amide bonds. The molecule has 64 valence electrons. The van der Waals surface area contributed by atoms with Crippen molar-refractivity contribution in [2.75, 3.05) is 6.54 Å². The largest absolute Gasteiger partial charge is 0.326 e. The monoisotopic (exact) mass is 245 g/mol. The fraction of sp³-hybridized carbons (Fsp3) is 0.111. The zero-order valence-corrected chi connectivity index (χ0v) is 8.82. The second-order valence-corrected chi connectivity index (χ2v) is 3.70. The Labute approximate surface area is 85.3 Å². The third-order valence-electron chi connectivity index (χ3n) is 1.57. The summed E-state index contributed by atoms with van der Waals surface area (Å²) in [5.74, 6) is 0. The van der Waals surface area contributed by atoms with E-state index in [0.29, 0.717) is 11.6 Å². The molecule has 0 bridgehead atoms. The van der Waals surface area contributed by atoms with Crippen LogP contribution in [0.5, 0.6) is 0 Å². The molecule has 0 heterocycles. The molecule has 12 heavy (non-hydrogen) atoms. The van der Waals surface area contributed by atoms with E-state index in [1.807, 2.05) is 18.2 Å². The maximum absolute atomic E-state index is 5.82. The zero-order valence-electron chi connectivity index (χ0n) is 6.48. The Balaban J connectivity index is 3.05. The van der Waals surface area contributed by atoms with E-state index in [1.165, 1.54) is 0 Å². The van der Waals surface area contributed by atoms with Gasteiger partial charge >= 0.3 is 0 Å². The van der Waals surface area contributed by atoms with Crippen LogP contribution in [0.4, 0.5) is 0 Å². The first-order valence-corrected chi connectivity index (χ1v) is 4.65. The van der Waals surface area contributed by atoms with Crippen LogP contribution in [0.2, 0.25) is 5.02 Å². The molecule has 0 atom stereocenters. The lowest BCUT2D eigenvalue weighted by Crippen LogP contribution is -2.00. The quantitative estimate of drug-likeness (QED) is 0.853. The molecule has 1 aromatic carbocycles. The van der Waals surface area contributed by atoms with Crippen molar-refractivity contribution in [2.24, 2.45) is 5.73 Å². The first-order chi connectivity index (χ1) is 5.65. The third kappa shape index (κ3) is 2.09. The Morgan fingerprint density at radius 1 is 1.58 bits per heavy atom. The molecule has 0 saturated carbocycles. The summed E-state index contributed by atoms with van der Waals surface area (Å²) in [6.07, 6.45) is 0. The predicted molar refractivity (Wildman–Crippen MR) is 57.2 cm³/mol. The zero-order chi connectivity index (χ0) is 9.14. The van der Waals surface area contributed by atoms with Crippen molar-refractivity contribution >= 4 is 33.1 Å². The minimum atomic E-state index is 0.466. The van der Waals surface area contributed by atoms with Gasteiger partial charge in [0.25, 0.3) is 0 Å². The summed E-state index contributed by atoms with van der Waals surface area (Å²) >= 11 is 9.15. The maximum Gasteiger partial charge on any atom is 0.0548 e. The first-order valence-electron chi connectivity index (χ1n) is 3.48. The Hall–Kier alpha value is -0.310. The van der Waals surface area contributed by atoms with Crippen LogP contribution >= 0.6 is 27.5 Å². The summed E-state index contributed by atoms with van der Waals surface area (Å²) in [5, 5.41) is 0.698. The highest BCUT2D eigenvalue weighted by atomic mass is 79.9. The normalized spacial score (nSPS) is 9.92. The van der Waals surface area contributed by atoms with E-state index in [-0.39, 0.29) is 0 Å². The molecular weight excluding hydrogens is 237 g/mol. The van der Waals surface area contributed by atoms with E-state index < -0.39 is 0 Å². The highest BCUT2D eigenvalue weighted by molar-refractivity contribution is 9.10. The van der Waals surface area contributed by atoms with E-state index >= 15 is 0 Å². The summed E-state index contributed by atoms with van der Waals surface area (Å²) in [4.78, 5) is 0. The molecule has 0 aliphatic carbocycles. The van der Waals surface area contributed by atoms with E-state index in [2.05, 4.69) is 22.5 Å². The van der Waals surface area contributed by atoms with Crippen LogP contribution in [-0.2, 0) is 0 Å². The van der Waals surface area contributed by atoms with Crippen molar-refractivity contribution in [1.29, 1.82) is 0 Å². The van der Waals surface area contributed by atoms with Crippen molar-refractivity contribution in [1.82, 2.24) is 0 Å². The smallest absolute Gasteiger partial charge is 0.0548 e. The predicted octanol–water partition coefficient (Wildman–Crippen LogP) is 3.07. The molecule has 1 nitrogen and oxygen atoms in total. The molecule has 3 heteroatoms. The van der Waals surface area contributed by atoms with Gasteiger partial charge in [-0.1, -0.05) is 24.2 Å². The molecular formula is C9H9BrClN. The average Bonchev–Trinajstić information content (AvgIpc) is 2.08. The van der Waals surface area contributed by atoms with Crippen LogP contribution in [0.25, 0.3) is 5.57 Å². The van der Waals surface area contributed by atoms with Crippen molar-refractivity contribution in [3.05, 3.63) is 39.8 Å². The molecule has 0 spiro atoms. The summed E-state index contributed by atoms with van der Waals surface area (Å²) < 4.78 is 0.872. The van der Waals surface area contributed by atoms with Gasteiger partial charge < -0.3 is 5.73 Å². The van der Waals surface area contributed by atoms with Crippen molar-refractivity contribution in [3.63, 3.8) is 0 Å². The molecule has 0 aliphatic rings. The lowest BCUT2D eigenvalue weighted by atomic mass is 10.1. The van der Waals surface area contributed by atoms with Gasteiger partial charge in [0.2, 0.25) is 0 Å². The molecule has 1 aromatic rings. The van der Waals surface area contributed by atoms with E-state index in [1.54, 1.807) is 0 Å². The molecule has 0 radical (unpaired) electrons. The summed E-state index contributed by atoms with van der Waals surface area (Å²) in [5.41, 5.74) is 7.38. The number of rotatable bonds is 2. The number of benzene rings is 1. The standard InChI is InChI=1S/C9H9BrClN/c1-6(5-12)7-2-3-9(11)8(10)4-7/h2-4H,1,5,12H2. The van der Waals surface area contributed by atoms with Crippen LogP contribution in [-0.4, -0.2) is 6.54 Å². The van der Waals surface area contributed by atoms with Crippen molar-refractivity contribution in [3.8, 4) is 0 Å². The Morgan fingerprint density at radius 2 is 2.25 bits per heavy atom. The maximum atomic E-state index is 5.82. The molecule has 0 aromatic heterocycles. The van der Waals surface area contributed by atoms with E-state index in [0.717, 1.165) is 15.6 Å². The molecule has 0 aliphatic heterocycles. The SMILES string of the molecule is C=C(CN)c1ccc(Cl)c(Br)c1. The van der Waals surface area contributed by atoms with Gasteiger partial charge in [0.1, 0.15) is 0 Å². The van der Waals surface area contributed by atoms with Gasteiger partial charge in [-0.25, -0.2) is 0 Å². The van der Waals surface area contributed by atoms with Gasteiger partial charge in [-0.05, 0) is 39.2 Å². The highest BCUT2D eigenvalue weighted by Crippen LogP contribution is 2.25. The Morgan fingerprint density at radius 3 is 2.75 bits per heavy atom. The van der Waals surface area contributed by atoms with Crippen LogP contribution in [0.1, 0.15) is 5.56 Å². The van der Waals surface area contributed by atoms with Gasteiger partial charge in [0.05, 0.1) is 5.02 Å². The van der Waals surface area contributed by atoms with Crippen molar-refractivity contribution < 1.29 is 0 Å². The van der Waals surface area contributed by atoms with Crippen LogP contribution in [0.3, 0.4) is 0 Å². The number of halogens is 2.